The molecule has 24 heavy (non-hydrogen) atoms. The van der Waals surface area contributed by atoms with Crippen LogP contribution in [0.3, 0.4) is 0 Å². The average molecular weight is 407 g/mol. The van der Waals surface area contributed by atoms with E-state index >= 15 is 0 Å². The van der Waals surface area contributed by atoms with Gasteiger partial charge in [0.2, 0.25) is 0 Å². The number of pyridine rings is 1. The lowest BCUT2D eigenvalue weighted by Crippen LogP contribution is -2.16. The van der Waals surface area contributed by atoms with Gasteiger partial charge in [-0.2, -0.15) is 0 Å². The Hall–Kier alpha value is -1.99. The third-order valence-electron chi connectivity index (χ3n) is 3.57. The number of halogens is 1. The normalized spacial score (nSPS) is 11.0. The Kier molecular flexibility index (Phi) is 4.82. The molecule has 0 fully saturated rings. The molecule has 0 N–H and O–H groups in total. The molecule has 0 spiro atoms. The van der Waals surface area contributed by atoms with Gasteiger partial charge in [0.25, 0.3) is 5.56 Å². The molecule has 0 aliphatic carbocycles. The number of carbonyl (C=O) groups is 1. The first-order valence-electron chi connectivity index (χ1n) is 7.42. The molecule has 0 aliphatic heterocycles. The van der Waals surface area contributed by atoms with Crippen LogP contribution in [0.4, 0.5) is 0 Å². The molecule has 3 heterocycles. The number of aromatic nitrogens is 2. The molecule has 0 amide bonds. The van der Waals surface area contributed by atoms with Gasteiger partial charge in [-0.1, -0.05) is 6.92 Å². The van der Waals surface area contributed by atoms with E-state index < -0.39 is 0 Å². The molecule has 7 heteroatoms. The van der Waals surface area contributed by atoms with Crippen LogP contribution in [0.25, 0.3) is 5.65 Å². The highest BCUT2D eigenvalue weighted by Gasteiger charge is 2.14. The molecule has 3 aromatic heterocycles. The summed E-state index contributed by atoms with van der Waals surface area (Å²) in [7, 11) is 0. The number of esters is 1. The summed E-state index contributed by atoms with van der Waals surface area (Å²) in [4.78, 5) is 30.4. The zero-order valence-electron chi connectivity index (χ0n) is 13.2. The summed E-state index contributed by atoms with van der Waals surface area (Å²) in [5, 5.41) is 0. The van der Waals surface area contributed by atoms with E-state index in [1.165, 1.54) is 26.7 Å². The summed E-state index contributed by atoms with van der Waals surface area (Å²) >= 11 is 4.76. The van der Waals surface area contributed by atoms with Crippen LogP contribution < -0.4 is 5.56 Å². The van der Waals surface area contributed by atoms with Gasteiger partial charge in [-0.3, -0.25) is 9.20 Å². The van der Waals surface area contributed by atoms with Crippen LogP contribution in [0, 0.1) is 6.92 Å². The predicted molar refractivity (Wildman–Crippen MR) is 96.7 cm³/mol. The van der Waals surface area contributed by atoms with E-state index in [4.69, 9.17) is 4.74 Å². The quantitative estimate of drug-likeness (QED) is 0.619. The number of aryl methyl sites for hydroxylation is 2. The highest BCUT2D eigenvalue weighted by molar-refractivity contribution is 9.10. The Labute approximate surface area is 151 Å². The van der Waals surface area contributed by atoms with Crippen LogP contribution >= 0.6 is 27.3 Å². The summed E-state index contributed by atoms with van der Waals surface area (Å²) < 4.78 is 7.53. The molecule has 5 nitrogen and oxygen atoms in total. The van der Waals surface area contributed by atoms with Crippen LogP contribution in [-0.2, 0) is 17.8 Å². The maximum atomic E-state index is 12.2. The fraction of sp³-hybridized carbons (Fsp3) is 0.235. The van der Waals surface area contributed by atoms with Gasteiger partial charge >= 0.3 is 5.97 Å². The molecule has 0 unspecified atom stereocenters. The zero-order chi connectivity index (χ0) is 17.3. The minimum absolute atomic E-state index is 0.0287. The Morgan fingerprint density at radius 1 is 1.38 bits per heavy atom. The number of hydrogen-bond acceptors (Lipinski definition) is 5. The van der Waals surface area contributed by atoms with Gasteiger partial charge in [-0.15, -0.1) is 11.3 Å². The fourth-order valence-corrected chi connectivity index (χ4v) is 3.73. The van der Waals surface area contributed by atoms with Gasteiger partial charge in [0, 0.05) is 21.6 Å². The van der Waals surface area contributed by atoms with Crippen LogP contribution in [0.15, 0.2) is 39.7 Å². The predicted octanol–water partition coefficient (Wildman–Crippen LogP) is 3.75. The van der Waals surface area contributed by atoms with Crippen molar-refractivity contribution >= 4 is 38.9 Å². The third-order valence-corrected chi connectivity index (χ3v) is 5.40. The van der Waals surface area contributed by atoms with Crippen molar-refractivity contribution in [3.8, 4) is 0 Å². The van der Waals surface area contributed by atoms with Crippen LogP contribution in [-0.4, -0.2) is 15.4 Å². The lowest BCUT2D eigenvalue weighted by atomic mass is 10.2. The van der Waals surface area contributed by atoms with Crippen LogP contribution in [0.2, 0.25) is 0 Å². The van der Waals surface area contributed by atoms with Crippen molar-refractivity contribution in [2.24, 2.45) is 0 Å². The average Bonchev–Trinajstić information content (AvgIpc) is 2.94. The molecule has 0 saturated carbocycles. The summed E-state index contributed by atoms with van der Waals surface area (Å²) in [5.41, 5.74) is 1.83. The standard InChI is InChI=1S/C17H15BrN2O3S/c1-3-13-10(2)6-14(24-13)17(22)23-9-12-7-16(21)20-8-11(18)4-5-15(20)19-12/h4-8H,3,9H2,1-2H3. The Balaban J connectivity index is 1.79. The largest absolute Gasteiger partial charge is 0.455 e. The number of nitrogens with zero attached hydrogens (tertiary/aromatic N) is 2. The fourth-order valence-electron chi connectivity index (χ4n) is 2.38. The van der Waals surface area contributed by atoms with E-state index in [9.17, 15) is 9.59 Å². The molecule has 3 rings (SSSR count). The molecule has 0 saturated heterocycles. The zero-order valence-corrected chi connectivity index (χ0v) is 15.6. The Morgan fingerprint density at radius 2 is 2.17 bits per heavy atom. The van der Waals surface area contributed by atoms with E-state index in [2.05, 4.69) is 27.8 Å². The summed E-state index contributed by atoms with van der Waals surface area (Å²) in [5.74, 6) is -0.388. The molecule has 0 atom stereocenters. The molecule has 3 aromatic rings. The summed E-state index contributed by atoms with van der Waals surface area (Å²) in [6.45, 7) is 4.01. The smallest absolute Gasteiger partial charge is 0.348 e. The molecule has 0 radical (unpaired) electrons. The van der Waals surface area contributed by atoms with Crippen molar-refractivity contribution in [2.75, 3.05) is 0 Å². The number of rotatable bonds is 4. The van der Waals surface area contributed by atoms with E-state index in [-0.39, 0.29) is 18.1 Å². The second-order valence-corrected chi connectivity index (χ2v) is 7.36. The molecule has 124 valence electrons. The Morgan fingerprint density at radius 3 is 2.88 bits per heavy atom. The second kappa shape index (κ2) is 6.86. The number of hydrogen-bond donors (Lipinski definition) is 0. The first-order valence-corrected chi connectivity index (χ1v) is 9.03. The Bertz CT molecular complexity index is 978. The summed E-state index contributed by atoms with van der Waals surface area (Å²) in [6.07, 6.45) is 2.55. The maximum absolute atomic E-state index is 12.2. The van der Waals surface area contributed by atoms with Gasteiger partial charge in [0.15, 0.2) is 0 Å². The number of ether oxygens (including phenoxy) is 1. The monoisotopic (exact) mass is 406 g/mol. The minimum Gasteiger partial charge on any atom is -0.455 e. The highest BCUT2D eigenvalue weighted by Crippen LogP contribution is 2.23. The molecule has 0 aromatic carbocycles. The first-order chi connectivity index (χ1) is 11.5. The van der Waals surface area contributed by atoms with Crippen molar-refractivity contribution in [1.82, 2.24) is 9.38 Å². The van der Waals surface area contributed by atoms with Crippen molar-refractivity contribution < 1.29 is 9.53 Å². The minimum atomic E-state index is -0.388. The third kappa shape index (κ3) is 3.42. The van der Waals surface area contributed by atoms with Crippen molar-refractivity contribution in [3.63, 3.8) is 0 Å². The van der Waals surface area contributed by atoms with Crippen molar-refractivity contribution in [1.29, 1.82) is 0 Å². The topological polar surface area (TPSA) is 60.7 Å². The summed E-state index contributed by atoms with van der Waals surface area (Å²) in [6, 6.07) is 6.75. The lowest BCUT2D eigenvalue weighted by Gasteiger charge is -2.05. The van der Waals surface area contributed by atoms with E-state index in [1.54, 1.807) is 18.3 Å². The van der Waals surface area contributed by atoms with Gasteiger partial charge in [-0.05, 0) is 53.0 Å². The van der Waals surface area contributed by atoms with Gasteiger partial charge in [-0.25, -0.2) is 9.78 Å². The number of fused-ring (bicyclic) bond motifs is 1. The molecular formula is C17H15BrN2O3S. The van der Waals surface area contributed by atoms with E-state index in [1.807, 2.05) is 13.0 Å². The van der Waals surface area contributed by atoms with E-state index in [0.717, 1.165) is 16.5 Å². The van der Waals surface area contributed by atoms with Gasteiger partial charge in [0.1, 0.15) is 17.1 Å². The first kappa shape index (κ1) is 16.9. The number of thiophene rings is 1. The molecule has 0 aliphatic rings. The SMILES string of the molecule is CCc1sc(C(=O)OCc2cc(=O)n3cc(Br)ccc3n2)cc1C. The molecular weight excluding hydrogens is 392 g/mol. The second-order valence-electron chi connectivity index (χ2n) is 5.31. The van der Waals surface area contributed by atoms with Crippen LogP contribution in [0.1, 0.15) is 32.7 Å². The highest BCUT2D eigenvalue weighted by atomic mass is 79.9. The van der Waals surface area contributed by atoms with Gasteiger partial charge in [0.05, 0.1) is 5.69 Å². The number of carbonyl (C=O) groups excluding carboxylic acids is 1. The van der Waals surface area contributed by atoms with Gasteiger partial charge < -0.3 is 4.74 Å². The maximum Gasteiger partial charge on any atom is 0.348 e. The van der Waals surface area contributed by atoms with Crippen molar-refractivity contribution in [2.45, 2.75) is 26.9 Å². The van der Waals surface area contributed by atoms with Crippen LogP contribution in [0.5, 0.6) is 0 Å². The molecule has 0 bridgehead atoms. The lowest BCUT2D eigenvalue weighted by molar-refractivity contribution is 0.0473. The van der Waals surface area contributed by atoms with E-state index in [0.29, 0.717) is 16.2 Å². The van der Waals surface area contributed by atoms with Crippen molar-refractivity contribution in [3.05, 3.63) is 66.3 Å².